The van der Waals surface area contributed by atoms with E-state index in [1.54, 1.807) is 16.9 Å². The van der Waals surface area contributed by atoms with E-state index < -0.39 is 0 Å². The Morgan fingerprint density at radius 1 is 1.00 bits per heavy atom. The molecule has 35 heavy (non-hydrogen) atoms. The van der Waals surface area contributed by atoms with Gasteiger partial charge in [-0.05, 0) is 99.6 Å². The predicted octanol–water partition coefficient (Wildman–Crippen LogP) is 5.66. The van der Waals surface area contributed by atoms with Crippen molar-refractivity contribution in [3.8, 4) is 5.69 Å². The lowest BCUT2D eigenvalue weighted by atomic mass is 10.1. The first kappa shape index (κ1) is 24.6. The highest BCUT2D eigenvalue weighted by atomic mass is 35.5. The summed E-state index contributed by atoms with van der Waals surface area (Å²) in [5, 5.41) is 15.6. The number of thiocarbonyl (C=S) groups is 1. The van der Waals surface area contributed by atoms with Crippen molar-refractivity contribution >= 4 is 57.2 Å². The lowest BCUT2D eigenvalue weighted by Crippen LogP contribution is -2.34. The van der Waals surface area contributed by atoms with Crippen LogP contribution in [0.2, 0.25) is 5.02 Å². The molecule has 4 rings (SSSR count). The van der Waals surface area contributed by atoms with Crippen molar-refractivity contribution in [2.45, 2.75) is 27.7 Å². The van der Waals surface area contributed by atoms with Crippen LogP contribution in [0.5, 0.6) is 0 Å². The molecule has 0 radical (unpaired) electrons. The number of carbonyl (C=O) groups is 1. The number of aryl methyl sites for hydroxylation is 2. The lowest BCUT2D eigenvalue weighted by molar-refractivity contribution is 0.0978. The zero-order chi connectivity index (χ0) is 25.1. The maximum atomic E-state index is 12.6. The van der Waals surface area contributed by atoms with Crippen molar-refractivity contribution in [3.05, 3.63) is 76.3 Å². The molecule has 0 aliphatic heterocycles. The van der Waals surface area contributed by atoms with Gasteiger partial charge in [-0.3, -0.25) is 10.1 Å². The minimum Gasteiger partial charge on any atom is -0.372 e. The number of fused-ring (bicyclic) bond motifs is 1. The van der Waals surface area contributed by atoms with Gasteiger partial charge < -0.3 is 10.2 Å². The molecule has 3 aromatic carbocycles. The molecule has 1 heterocycles. The first-order valence-electron chi connectivity index (χ1n) is 11.4. The number of anilines is 2. The fraction of sp³-hybridized carbons (Fsp3) is 0.231. The zero-order valence-corrected chi connectivity index (χ0v) is 21.7. The molecule has 0 fully saturated rings. The van der Waals surface area contributed by atoms with Gasteiger partial charge in [0.15, 0.2) is 5.11 Å². The van der Waals surface area contributed by atoms with E-state index in [9.17, 15) is 4.79 Å². The smallest absolute Gasteiger partial charge is 0.258 e. The summed E-state index contributed by atoms with van der Waals surface area (Å²) in [6, 6.07) is 17.2. The van der Waals surface area contributed by atoms with Crippen LogP contribution in [0.15, 0.2) is 54.6 Å². The number of benzene rings is 3. The second-order valence-electron chi connectivity index (χ2n) is 8.23. The Kier molecular flexibility index (Phi) is 7.33. The van der Waals surface area contributed by atoms with Gasteiger partial charge in [-0.25, -0.2) is 0 Å². The van der Waals surface area contributed by atoms with E-state index in [0.29, 0.717) is 16.1 Å². The predicted molar refractivity (Wildman–Crippen MR) is 147 cm³/mol. The summed E-state index contributed by atoms with van der Waals surface area (Å²) in [5.74, 6) is -0.370. The van der Waals surface area contributed by atoms with Crippen LogP contribution >= 0.6 is 23.8 Å². The zero-order valence-electron chi connectivity index (χ0n) is 20.1. The van der Waals surface area contributed by atoms with Crippen molar-refractivity contribution in [2.75, 3.05) is 23.3 Å². The molecule has 0 atom stereocenters. The summed E-state index contributed by atoms with van der Waals surface area (Å²) in [7, 11) is 0. The summed E-state index contributed by atoms with van der Waals surface area (Å²) in [4.78, 5) is 16.5. The molecule has 0 spiro atoms. The average molecular weight is 507 g/mol. The SMILES string of the molecule is CCN(CC)c1ccc(-n2nc3cc(C)c(NC(=S)NC(=O)c4ccc(C)cc4Cl)cc3n2)cc1. The molecule has 180 valence electrons. The minimum atomic E-state index is -0.370. The van der Waals surface area contributed by atoms with Crippen LogP contribution in [0.1, 0.15) is 35.3 Å². The highest BCUT2D eigenvalue weighted by Gasteiger charge is 2.14. The molecule has 0 aliphatic rings. The summed E-state index contributed by atoms with van der Waals surface area (Å²) in [6.07, 6.45) is 0. The largest absolute Gasteiger partial charge is 0.372 e. The Morgan fingerprint density at radius 2 is 1.66 bits per heavy atom. The van der Waals surface area contributed by atoms with Gasteiger partial charge in [-0.2, -0.15) is 4.80 Å². The van der Waals surface area contributed by atoms with Gasteiger partial charge in [0.25, 0.3) is 5.91 Å². The number of amides is 1. The number of carbonyl (C=O) groups excluding carboxylic acids is 1. The van der Waals surface area contributed by atoms with Gasteiger partial charge in [-0.1, -0.05) is 17.7 Å². The maximum absolute atomic E-state index is 12.6. The van der Waals surface area contributed by atoms with Crippen molar-refractivity contribution in [1.82, 2.24) is 20.3 Å². The van der Waals surface area contributed by atoms with E-state index >= 15 is 0 Å². The molecule has 0 bridgehead atoms. The van der Waals surface area contributed by atoms with Crippen molar-refractivity contribution in [3.63, 3.8) is 0 Å². The molecule has 0 saturated carbocycles. The van der Waals surface area contributed by atoms with Crippen LogP contribution in [-0.2, 0) is 0 Å². The summed E-state index contributed by atoms with van der Waals surface area (Å²) < 4.78 is 0. The third kappa shape index (κ3) is 5.44. The van der Waals surface area contributed by atoms with E-state index in [0.717, 1.165) is 41.1 Å². The molecule has 0 unspecified atom stereocenters. The number of hydrogen-bond donors (Lipinski definition) is 2. The quantitative estimate of drug-likeness (QED) is 0.328. The van der Waals surface area contributed by atoms with Crippen molar-refractivity contribution in [2.24, 2.45) is 0 Å². The Morgan fingerprint density at radius 3 is 2.29 bits per heavy atom. The van der Waals surface area contributed by atoms with Gasteiger partial charge in [-0.15, -0.1) is 10.2 Å². The van der Waals surface area contributed by atoms with E-state index in [-0.39, 0.29) is 11.0 Å². The van der Waals surface area contributed by atoms with Gasteiger partial charge in [0.1, 0.15) is 11.0 Å². The Bertz CT molecular complexity index is 1400. The summed E-state index contributed by atoms with van der Waals surface area (Å²) in [5.41, 5.74) is 6.52. The molecule has 0 aliphatic carbocycles. The first-order valence-corrected chi connectivity index (χ1v) is 12.2. The Hall–Kier alpha value is -3.49. The summed E-state index contributed by atoms with van der Waals surface area (Å²) >= 11 is 11.6. The second kappa shape index (κ2) is 10.4. The van der Waals surface area contributed by atoms with E-state index in [4.69, 9.17) is 23.8 Å². The molecule has 2 N–H and O–H groups in total. The van der Waals surface area contributed by atoms with E-state index in [1.807, 2.05) is 44.2 Å². The molecular formula is C26H27ClN6OS. The number of nitrogens with one attached hydrogen (secondary N) is 2. The molecule has 7 nitrogen and oxygen atoms in total. The van der Waals surface area contributed by atoms with Crippen LogP contribution in [0.4, 0.5) is 11.4 Å². The normalized spacial score (nSPS) is 10.9. The number of nitrogens with zero attached hydrogens (tertiary/aromatic N) is 4. The van der Waals surface area contributed by atoms with E-state index in [1.165, 1.54) is 5.69 Å². The minimum absolute atomic E-state index is 0.175. The van der Waals surface area contributed by atoms with Gasteiger partial charge >= 0.3 is 0 Å². The van der Waals surface area contributed by atoms with E-state index in [2.05, 4.69) is 51.7 Å². The van der Waals surface area contributed by atoms with Crippen LogP contribution in [0, 0.1) is 13.8 Å². The highest BCUT2D eigenvalue weighted by molar-refractivity contribution is 7.80. The fourth-order valence-corrected chi connectivity index (χ4v) is 4.36. The molecule has 9 heteroatoms. The number of rotatable bonds is 6. The third-order valence-electron chi connectivity index (χ3n) is 5.78. The topological polar surface area (TPSA) is 75.1 Å². The number of aromatic nitrogens is 3. The Labute approximate surface area is 215 Å². The van der Waals surface area contributed by atoms with Crippen molar-refractivity contribution in [1.29, 1.82) is 0 Å². The van der Waals surface area contributed by atoms with Crippen LogP contribution in [0.3, 0.4) is 0 Å². The van der Waals surface area contributed by atoms with Crippen LogP contribution in [0.25, 0.3) is 16.7 Å². The molecule has 4 aromatic rings. The molecule has 1 amide bonds. The van der Waals surface area contributed by atoms with Gasteiger partial charge in [0.2, 0.25) is 0 Å². The monoisotopic (exact) mass is 506 g/mol. The molecular weight excluding hydrogens is 480 g/mol. The molecule has 1 aromatic heterocycles. The second-order valence-corrected chi connectivity index (χ2v) is 9.04. The summed E-state index contributed by atoms with van der Waals surface area (Å²) in [6.45, 7) is 10.0. The third-order valence-corrected chi connectivity index (χ3v) is 6.30. The maximum Gasteiger partial charge on any atom is 0.258 e. The number of hydrogen-bond acceptors (Lipinski definition) is 5. The average Bonchev–Trinajstić information content (AvgIpc) is 3.23. The van der Waals surface area contributed by atoms with Crippen LogP contribution in [-0.4, -0.2) is 39.1 Å². The lowest BCUT2D eigenvalue weighted by Gasteiger charge is -2.20. The van der Waals surface area contributed by atoms with Crippen LogP contribution < -0.4 is 15.5 Å². The standard InChI is InChI=1S/C26H27ClN6OS/c1-5-32(6-2)18-8-10-19(11-9-18)33-30-23-14-17(4)22(15-24(23)31-33)28-26(35)29-25(34)20-12-7-16(3)13-21(20)27/h7-15H,5-6H2,1-4H3,(H2,28,29,34,35). The number of halogens is 1. The highest BCUT2D eigenvalue weighted by Crippen LogP contribution is 2.23. The molecule has 0 saturated heterocycles. The first-order chi connectivity index (χ1) is 16.8. The van der Waals surface area contributed by atoms with Crippen molar-refractivity contribution < 1.29 is 4.79 Å². The Balaban J connectivity index is 1.51. The fourth-order valence-electron chi connectivity index (χ4n) is 3.83. The van der Waals surface area contributed by atoms with Gasteiger partial charge in [0.05, 0.1) is 16.3 Å². The van der Waals surface area contributed by atoms with Gasteiger partial charge in [0, 0.05) is 24.5 Å².